The van der Waals surface area contributed by atoms with Crippen molar-refractivity contribution in [2.24, 2.45) is 0 Å². The molecule has 0 unspecified atom stereocenters. The molecular formula is C26H22FN3O2S2. The van der Waals surface area contributed by atoms with Gasteiger partial charge in [-0.25, -0.2) is 14.4 Å². The highest BCUT2D eigenvalue weighted by atomic mass is 32.2. The molecule has 0 N–H and O–H groups in total. The van der Waals surface area contributed by atoms with Gasteiger partial charge < -0.3 is 4.74 Å². The van der Waals surface area contributed by atoms with Crippen molar-refractivity contribution in [1.29, 1.82) is 0 Å². The molecule has 0 fully saturated rings. The highest BCUT2D eigenvalue weighted by molar-refractivity contribution is 7.98. The Morgan fingerprint density at radius 2 is 1.94 bits per heavy atom. The van der Waals surface area contributed by atoms with Crippen LogP contribution in [0.4, 0.5) is 4.39 Å². The SMILES string of the molecule is CCCOc1ccc(Cn2c(SCc3cccc(F)c3)nc3c(sc4ncccc43)c2=O)cc1. The molecule has 0 aliphatic heterocycles. The van der Waals surface area contributed by atoms with E-state index in [1.807, 2.05) is 42.5 Å². The van der Waals surface area contributed by atoms with E-state index in [4.69, 9.17) is 9.72 Å². The molecule has 3 heterocycles. The molecular weight excluding hydrogens is 469 g/mol. The molecule has 0 radical (unpaired) electrons. The van der Waals surface area contributed by atoms with E-state index in [9.17, 15) is 9.18 Å². The zero-order valence-corrected chi connectivity index (χ0v) is 20.2. The summed E-state index contributed by atoms with van der Waals surface area (Å²) in [6.45, 7) is 3.11. The molecule has 0 saturated carbocycles. The van der Waals surface area contributed by atoms with Crippen LogP contribution < -0.4 is 10.3 Å². The molecule has 5 aromatic rings. The summed E-state index contributed by atoms with van der Waals surface area (Å²) in [6, 6.07) is 18.1. The van der Waals surface area contributed by atoms with Crippen LogP contribution in [-0.4, -0.2) is 21.1 Å². The Bertz CT molecular complexity index is 1510. The van der Waals surface area contributed by atoms with Gasteiger partial charge in [0.2, 0.25) is 0 Å². The largest absolute Gasteiger partial charge is 0.494 e. The summed E-state index contributed by atoms with van der Waals surface area (Å²) in [4.78, 5) is 23.7. The average molecular weight is 492 g/mol. The zero-order chi connectivity index (χ0) is 23.5. The van der Waals surface area contributed by atoms with E-state index < -0.39 is 0 Å². The molecule has 5 rings (SSSR count). The van der Waals surface area contributed by atoms with Gasteiger partial charge in [-0.2, -0.15) is 0 Å². The van der Waals surface area contributed by atoms with Crippen LogP contribution in [-0.2, 0) is 12.3 Å². The summed E-state index contributed by atoms with van der Waals surface area (Å²) in [7, 11) is 0. The van der Waals surface area contributed by atoms with Crippen molar-refractivity contribution < 1.29 is 9.13 Å². The Labute approximate surface area is 204 Å². The second-order valence-corrected chi connectivity index (χ2v) is 9.77. The highest BCUT2D eigenvalue weighted by Crippen LogP contribution is 2.31. The number of benzene rings is 2. The minimum absolute atomic E-state index is 0.0962. The Kier molecular flexibility index (Phi) is 6.60. The Hall–Kier alpha value is -3.23. The molecule has 8 heteroatoms. The first kappa shape index (κ1) is 22.6. The average Bonchev–Trinajstić information content (AvgIpc) is 3.23. The molecule has 34 heavy (non-hydrogen) atoms. The lowest BCUT2D eigenvalue weighted by Gasteiger charge is -2.13. The van der Waals surface area contributed by atoms with E-state index in [-0.39, 0.29) is 11.4 Å². The van der Waals surface area contributed by atoms with Crippen LogP contribution in [0.5, 0.6) is 5.75 Å². The van der Waals surface area contributed by atoms with Crippen LogP contribution >= 0.6 is 23.1 Å². The Morgan fingerprint density at radius 1 is 1.09 bits per heavy atom. The number of thioether (sulfide) groups is 1. The molecule has 0 amide bonds. The smallest absolute Gasteiger partial charge is 0.272 e. The van der Waals surface area contributed by atoms with Crippen molar-refractivity contribution in [2.75, 3.05) is 6.61 Å². The van der Waals surface area contributed by atoms with E-state index in [0.29, 0.717) is 34.3 Å². The summed E-state index contributed by atoms with van der Waals surface area (Å²) in [5.41, 5.74) is 2.37. The van der Waals surface area contributed by atoms with Crippen LogP contribution in [0.25, 0.3) is 20.4 Å². The van der Waals surface area contributed by atoms with Gasteiger partial charge >= 0.3 is 0 Å². The maximum Gasteiger partial charge on any atom is 0.272 e. The number of thiophene rings is 1. The fraction of sp³-hybridized carbons (Fsp3) is 0.192. The lowest BCUT2D eigenvalue weighted by molar-refractivity contribution is 0.317. The Balaban J connectivity index is 1.55. The van der Waals surface area contributed by atoms with Crippen molar-refractivity contribution in [1.82, 2.24) is 14.5 Å². The number of hydrogen-bond acceptors (Lipinski definition) is 6. The van der Waals surface area contributed by atoms with Crippen molar-refractivity contribution in [3.05, 3.63) is 94.2 Å². The predicted molar refractivity (Wildman–Crippen MR) is 136 cm³/mol. The van der Waals surface area contributed by atoms with Gasteiger partial charge in [-0.15, -0.1) is 11.3 Å². The van der Waals surface area contributed by atoms with Gasteiger partial charge in [0.05, 0.1) is 18.7 Å². The minimum atomic E-state index is -0.279. The third kappa shape index (κ3) is 4.69. The van der Waals surface area contributed by atoms with Crippen molar-refractivity contribution in [3.8, 4) is 5.75 Å². The summed E-state index contributed by atoms with van der Waals surface area (Å²) >= 11 is 2.79. The van der Waals surface area contributed by atoms with E-state index in [1.54, 1.807) is 16.8 Å². The number of ether oxygens (including phenoxy) is 1. The molecule has 3 aromatic heterocycles. The van der Waals surface area contributed by atoms with Gasteiger partial charge in [-0.05, 0) is 53.9 Å². The number of hydrogen-bond donors (Lipinski definition) is 0. The minimum Gasteiger partial charge on any atom is -0.494 e. The fourth-order valence-electron chi connectivity index (χ4n) is 3.66. The van der Waals surface area contributed by atoms with Crippen LogP contribution in [0.3, 0.4) is 0 Å². The number of nitrogens with zero attached hydrogens (tertiary/aromatic N) is 3. The van der Waals surface area contributed by atoms with Gasteiger partial charge in [-0.1, -0.05) is 43.0 Å². The van der Waals surface area contributed by atoms with E-state index >= 15 is 0 Å². The summed E-state index contributed by atoms with van der Waals surface area (Å²) in [6.07, 6.45) is 2.66. The van der Waals surface area contributed by atoms with Crippen LogP contribution in [0.2, 0.25) is 0 Å². The molecule has 0 bridgehead atoms. The third-order valence-corrected chi connectivity index (χ3v) is 7.45. The second-order valence-electron chi connectivity index (χ2n) is 7.83. The molecule has 172 valence electrons. The van der Waals surface area contributed by atoms with E-state index in [1.165, 1.54) is 35.2 Å². The first-order valence-corrected chi connectivity index (χ1v) is 12.8. The normalized spacial score (nSPS) is 11.4. The molecule has 0 spiro atoms. The quantitative estimate of drug-likeness (QED) is 0.189. The van der Waals surface area contributed by atoms with E-state index in [2.05, 4.69) is 11.9 Å². The number of pyridine rings is 1. The van der Waals surface area contributed by atoms with Crippen molar-refractivity contribution >= 4 is 43.5 Å². The third-order valence-electron chi connectivity index (χ3n) is 5.31. The van der Waals surface area contributed by atoms with Crippen LogP contribution in [0, 0.1) is 5.82 Å². The number of halogens is 1. The van der Waals surface area contributed by atoms with Crippen molar-refractivity contribution in [3.63, 3.8) is 0 Å². The molecule has 0 aliphatic carbocycles. The molecule has 5 nitrogen and oxygen atoms in total. The highest BCUT2D eigenvalue weighted by Gasteiger charge is 2.17. The Morgan fingerprint density at radius 3 is 2.74 bits per heavy atom. The first-order chi connectivity index (χ1) is 16.6. The summed E-state index contributed by atoms with van der Waals surface area (Å²) in [5.74, 6) is 1.03. The molecule has 0 aliphatic rings. The summed E-state index contributed by atoms with van der Waals surface area (Å²) < 4.78 is 21.6. The van der Waals surface area contributed by atoms with Crippen LogP contribution in [0.1, 0.15) is 24.5 Å². The standard InChI is InChI=1S/C26H22FN3O2S2/c1-2-13-32-20-10-8-17(9-11-20)15-30-25(31)23-22(21-7-4-12-28-24(21)34-23)29-26(30)33-16-18-5-3-6-19(27)14-18/h3-12,14H,2,13,15-16H2,1H3. The van der Waals surface area contributed by atoms with E-state index in [0.717, 1.165) is 33.5 Å². The van der Waals surface area contributed by atoms with Gasteiger partial charge in [0.25, 0.3) is 5.56 Å². The first-order valence-electron chi connectivity index (χ1n) is 11.0. The molecule has 0 atom stereocenters. The summed E-state index contributed by atoms with van der Waals surface area (Å²) in [5, 5.41) is 1.47. The molecule has 2 aromatic carbocycles. The fourth-order valence-corrected chi connectivity index (χ4v) is 5.62. The topological polar surface area (TPSA) is 57.0 Å². The number of rotatable bonds is 8. The van der Waals surface area contributed by atoms with Gasteiger partial charge in [0.15, 0.2) is 5.16 Å². The zero-order valence-electron chi connectivity index (χ0n) is 18.5. The molecule has 0 saturated heterocycles. The van der Waals surface area contributed by atoms with Crippen LogP contribution in [0.15, 0.2) is 76.8 Å². The lowest BCUT2D eigenvalue weighted by Crippen LogP contribution is -2.23. The van der Waals surface area contributed by atoms with Gasteiger partial charge in [0.1, 0.15) is 21.1 Å². The maximum absolute atomic E-state index is 13.7. The predicted octanol–water partition coefficient (Wildman–Crippen LogP) is 6.27. The van der Waals surface area contributed by atoms with Gasteiger partial charge in [0, 0.05) is 17.3 Å². The van der Waals surface area contributed by atoms with Crippen molar-refractivity contribution in [2.45, 2.75) is 30.8 Å². The maximum atomic E-state index is 13.7. The van der Waals surface area contributed by atoms with Gasteiger partial charge in [-0.3, -0.25) is 9.36 Å². The number of aromatic nitrogens is 3. The number of fused-ring (bicyclic) bond motifs is 3. The monoisotopic (exact) mass is 491 g/mol. The lowest BCUT2D eigenvalue weighted by atomic mass is 10.2. The second kappa shape index (κ2) is 9.95.